The molecule has 4 heterocycles. The first kappa shape index (κ1) is 26.2. The SMILES string of the molecule is C=C1CCC(N2Cc3c(Nc4nc(Nc5ccc6c(c5)CCCC6)nc5c4ncn5C(C)C)cccc3C2=O)C(=O)N1. The summed E-state index contributed by atoms with van der Waals surface area (Å²) in [5.41, 5.74) is 7.96. The molecule has 3 aliphatic rings. The van der Waals surface area contributed by atoms with Crippen molar-refractivity contribution in [3.63, 3.8) is 0 Å². The van der Waals surface area contributed by atoms with Gasteiger partial charge in [0.25, 0.3) is 5.91 Å². The fourth-order valence-corrected chi connectivity index (χ4v) is 6.29. The zero-order valence-electron chi connectivity index (χ0n) is 23.9. The zero-order valence-corrected chi connectivity index (χ0v) is 23.9. The number of amides is 2. The maximum Gasteiger partial charge on any atom is 0.255 e. The highest BCUT2D eigenvalue weighted by Gasteiger charge is 2.39. The van der Waals surface area contributed by atoms with Crippen LogP contribution in [-0.4, -0.2) is 42.3 Å². The van der Waals surface area contributed by atoms with Gasteiger partial charge in [-0.2, -0.15) is 9.97 Å². The topological polar surface area (TPSA) is 117 Å². The Morgan fingerprint density at radius 3 is 2.67 bits per heavy atom. The van der Waals surface area contributed by atoms with Crippen LogP contribution in [0.3, 0.4) is 0 Å². The lowest BCUT2D eigenvalue weighted by Crippen LogP contribution is -2.49. The average molecular weight is 563 g/mol. The summed E-state index contributed by atoms with van der Waals surface area (Å²) < 4.78 is 2.02. The molecule has 4 aromatic rings. The Labute approximate surface area is 244 Å². The van der Waals surface area contributed by atoms with E-state index in [1.54, 1.807) is 11.2 Å². The standard InChI is InChI=1S/C32H34N8O2/c1-18(2)40-17-33-27-28(37-32(38-29(27)40)35-22-13-12-20-7-4-5-8-21(20)15-22)36-25-10-6-9-23-24(25)16-39(31(23)42)26-14-11-19(3)34-30(26)41/h6,9-10,12-13,15,17-18,26H,3-5,7-8,11,14,16H2,1-2H3,(H,34,41)(H2,35,36,37,38). The van der Waals surface area contributed by atoms with E-state index in [2.05, 4.69) is 59.6 Å². The van der Waals surface area contributed by atoms with E-state index in [-0.39, 0.29) is 17.9 Å². The Morgan fingerprint density at radius 1 is 1.02 bits per heavy atom. The molecule has 2 aliphatic heterocycles. The van der Waals surface area contributed by atoms with E-state index in [0.717, 1.165) is 29.8 Å². The van der Waals surface area contributed by atoms with Gasteiger partial charge in [0.15, 0.2) is 17.0 Å². The van der Waals surface area contributed by atoms with Crippen LogP contribution in [0.25, 0.3) is 11.2 Å². The van der Waals surface area contributed by atoms with Crippen LogP contribution >= 0.6 is 0 Å². The third kappa shape index (κ3) is 4.56. The summed E-state index contributed by atoms with van der Waals surface area (Å²) in [7, 11) is 0. The van der Waals surface area contributed by atoms with Crippen molar-refractivity contribution in [2.24, 2.45) is 0 Å². The second-order valence-corrected chi connectivity index (χ2v) is 11.7. The van der Waals surface area contributed by atoms with Crippen LogP contribution in [0.4, 0.5) is 23.1 Å². The lowest BCUT2D eigenvalue weighted by atomic mass is 9.91. The highest BCUT2D eigenvalue weighted by atomic mass is 16.2. The average Bonchev–Trinajstić information content (AvgIpc) is 3.55. The molecule has 7 rings (SSSR count). The van der Waals surface area contributed by atoms with Crippen molar-refractivity contribution in [2.75, 3.05) is 10.6 Å². The maximum absolute atomic E-state index is 13.4. The van der Waals surface area contributed by atoms with Crippen molar-refractivity contribution in [2.45, 2.75) is 71.0 Å². The Kier molecular flexibility index (Phi) is 6.41. The molecule has 3 N–H and O–H groups in total. The van der Waals surface area contributed by atoms with Crippen molar-refractivity contribution in [3.8, 4) is 0 Å². The molecule has 1 unspecified atom stereocenters. The minimum atomic E-state index is -0.525. The summed E-state index contributed by atoms with van der Waals surface area (Å²) in [6.45, 7) is 8.38. The molecule has 214 valence electrons. The van der Waals surface area contributed by atoms with Crippen LogP contribution in [0.1, 0.15) is 72.6 Å². The fraction of sp³-hybridized carbons (Fsp3) is 0.344. The molecule has 0 radical (unpaired) electrons. The molecule has 1 aliphatic carbocycles. The van der Waals surface area contributed by atoms with Crippen LogP contribution in [0.5, 0.6) is 0 Å². The monoisotopic (exact) mass is 562 g/mol. The number of rotatable bonds is 6. The summed E-state index contributed by atoms with van der Waals surface area (Å²) in [4.78, 5) is 42.2. The first-order valence-electron chi connectivity index (χ1n) is 14.7. The van der Waals surface area contributed by atoms with Gasteiger partial charge in [-0.15, -0.1) is 0 Å². The largest absolute Gasteiger partial charge is 0.338 e. The number of fused-ring (bicyclic) bond motifs is 3. The highest BCUT2D eigenvalue weighted by molar-refractivity contribution is 6.03. The number of nitrogens with one attached hydrogen (secondary N) is 3. The van der Waals surface area contributed by atoms with Crippen molar-refractivity contribution >= 4 is 46.1 Å². The molecular weight excluding hydrogens is 528 g/mol. The van der Waals surface area contributed by atoms with Gasteiger partial charge in [0.1, 0.15) is 6.04 Å². The number of allylic oxidation sites excluding steroid dienone is 1. The third-order valence-electron chi connectivity index (χ3n) is 8.53. The molecule has 1 saturated heterocycles. The van der Waals surface area contributed by atoms with Crippen LogP contribution in [0.15, 0.2) is 55.0 Å². The quantitative estimate of drug-likeness (QED) is 0.283. The molecule has 1 fully saturated rings. The van der Waals surface area contributed by atoms with Crippen LogP contribution in [0.2, 0.25) is 0 Å². The van der Waals surface area contributed by atoms with E-state index in [1.807, 2.05) is 22.8 Å². The molecule has 10 nitrogen and oxygen atoms in total. The lowest BCUT2D eigenvalue weighted by Gasteiger charge is -2.31. The van der Waals surface area contributed by atoms with Gasteiger partial charge in [0.05, 0.1) is 6.33 Å². The van der Waals surface area contributed by atoms with Crippen molar-refractivity contribution < 1.29 is 9.59 Å². The normalized spacial score (nSPS) is 18.3. The number of carbonyl (C=O) groups is 2. The number of carbonyl (C=O) groups excluding carboxylic acids is 2. The smallest absolute Gasteiger partial charge is 0.255 e. The summed E-state index contributed by atoms with van der Waals surface area (Å²) >= 11 is 0. The first-order chi connectivity index (χ1) is 20.4. The molecule has 2 amide bonds. The van der Waals surface area contributed by atoms with Crippen molar-refractivity contribution in [3.05, 3.63) is 77.3 Å². The number of benzene rings is 2. The van der Waals surface area contributed by atoms with E-state index in [0.29, 0.717) is 53.6 Å². The van der Waals surface area contributed by atoms with Gasteiger partial charge in [0.2, 0.25) is 11.9 Å². The number of aryl methyl sites for hydroxylation is 2. The molecule has 0 bridgehead atoms. The first-order valence-corrected chi connectivity index (χ1v) is 14.7. The summed E-state index contributed by atoms with van der Waals surface area (Å²) in [6, 6.07) is 11.7. The van der Waals surface area contributed by atoms with Gasteiger partial charge in [-0.1, -0.05) is 18.7 Å². The minimum Gasteiger partial charge on any atom is -0.338 e. The van der Waals surface area contributed by atoms with Crippen LogP contribution < -0.4 is 16.0 Å². The van der Waals surface area contributed by atoms with Gasteiger partial charge in [-0.25, -0.2) is 4.98 Å². The second kappa shape index (κ2) is 10.3. The molecule has 1 atom stereocenters. The van der Waals surface area contributed by atoms with E-state index >= 15 is 0 Å². The number of imidazole rings is 1. The van der Waals surface area contributed by atoms with Gasteiger partial charge in [0, 0.05) is 40.8 Å². The summed E-state index contributed by atoms with van der Waals surface area (Å²) in [5, 5.41) is 9.71. The molecule has 0 spiro atoms. The zero-order chi connectivity index (χ0) is 29.0. The number of piperidine rings is 1. The van der Waals surface area contributed by atoms with E-state index in [1.165, 1.54) is 24.0 Å². The van der Waals surface area contributed by atoms with Gasteiger partial charge in [-0.05, 0) is 87.8 Å². The summed E-state index contributed by atoms with van der Waals surface area (Å²) in [6.07, 6.45) is 7.66. The van der Waals surface area contributed by atoms with Gasteiger partial charge >= 0.3 is 0 Å². The van der Waals surface area contributed by atoms with Gasteiger partial charge < -0.3 is 25.4 Å². The van der Waals surface area contributed by atoms with Crippen LogP contribution in [0, 0.1) is 0 Å². The Bertz CT molecular complexity index is 1760. The summed E-state index contributed by atoms with van der Waals surface area (Å²) in [5.74, 6) is 0.683. The van der Waals surface area contributed by atoms with E-state index in [4.69, 9.17) is 9.97 Å². The van der Waals surface area contributed by atoms with Crippen LogP contribution in [-0.2, 0) is 24.2 Å². The Morgan fingerprint density at radius 2 is 1.86 bits per heavy atom. The number of anilines is 4. The third-order valence-corrected chi connectivity index (χ3v) is 8.53. The molecule has 2 aromatic carbocycles. The minimum absolute atomic E-state index is 0.145. The van der Waals surface area contributed by atoms with Gasteiger partial charge in [-0.3, -0.25) is 9.59 Å². The lowest BCUT2D eigenvalue weighted by molar-refractivity contribution is -0.126. The van der Waals surface area contributed by atoms with E-state index < -0.39 is 6.04 Å². The maximum atomic E-state index is 13.4. The predicted octanol–water partition coefficient (Wildman–Crippen LogP) is 5.52. The molecule has 2 aromatic heterocycles. The fourth-order valence-electron chi connectivity index (χ4n) is 6.29. The second-order valence-electron chi connectivity index (χ2n) is 11.7. The Hall–Kier alpha value is -4.73. The number of nitrogens with zero attached hydrogens (tertiary/aromatic N) is 5. The predicted molar refractivity (Wildman–Crippen MR) is 162 cm³/mol. The van der Waals surface area contributed by atoms with E-state index in [9.17, 15) is 9.59 Å². The molecule has 10 heteroatoms. The molecule has 0 saturated carbocycles. The molecule has 42 heavy (non-hydrogen) atoms. The van der Waals surface area contributed by atoms with Crippen molar-refractivity contribution in [1.82, 2.24) is 29.7 Å². The van der Waals surface area contributed by atoms with Crippen molar-refractivity contribution in [1.29, 1.82) is 0 Å². The molecular formula is C32H34N8O2. The number of aromatic nitrogens is 4. The number of hydrogen-bond donors (Lipinski definition) is 3. The Balaban J connectivity index is 1.23. The number of hydrogen-bond acceptors (Lipinski definition) is 7. The highest BCUT2D eigenvalue weighted by Crippen LogP contribution is 2.36.